The number of hydrogen-bond acceptors (Lipinski definition) is 3. The van der Waals surface area contributed by atoms with Crippen LogP contribution in [-0.2, 0) is 11.2 Å². The molecule has 0 saturated carbocycles. The van der Waals surface area contributed by atoms with Crippen LogP contribution in [0, 0.1) is 17.5 Å². The molecule has 5 nitrogen and oxygen atoms in total. The number of amides is 2. The number of nitrogens with one attached hydrogen (secondary N) is 1. The summed E-state index contributed by atoms with van der Waals surface area (Å²) in [5.74, 6) is -5.11. The number of hydrogen-bond donors (Lipinski definition) is 1. The SMILES string of the molecule is O=C1Cc2cc(N3CCN(C(=O)c4ccc(F)c(F)c4F)CC3)ccc2N1. The lowest BCUT2D eigenvalue weighted by Crippen LogP contribution is -2.49. The van der Waals surface area contributed by atoms with Crippen molar-refractivity contribution in [3.63, 3.8) is 0 Å². The van der Waals surface area contributed by atoms with E-state index in [0.29, 0.717) is 32.6 Å². The number of benzene rings is 2. The van der Waals surface area contributed by atoms with Gasteiger partial charge in [0.05, 0.1) is 12.0 Å². The molecule has 2 aromatic rings. The van der Waals surface area contributed by atoms with Crippen molar-refractivity contribution in [2.24, 2.45) is 0 Å². The van der Waals surface area contributed by atoms with E-state index in [-0.39, 0.29) is 5.91 Å². The first-order valence-electron chi connectivity index (χ1n) is 8.54. The lowest BCUT2D eigenvalue weighted by Gasteiger charge is -2.36. The predicted octanol–water partition coefficient (Wildman–Crippen LogP) is 2.56. The third kappa shape index (κ3) is 3.11. The maximum atomic E-state index is 13.9. The fourth-order valence-corrected chi connectivity index (χ4v) is 3.44. The first-order chi connectivity index (χ1) is 12.9. The maximum Gasteiger partial charge on any atom is 0.257 e. The minimum Gasteiger partial charge on any atom is -0.368 e. The number of carbonyl (C=O) groups is 2. The molecule has 0 radical (unpaired) electrons. The summed E-state index contributed by atoms with van der Waals surface area (Å²) in [5.41, 5.74) is 2.21. The number of carbonyl (C=O) groups excluding carboxylic acids is 2. The van der Waals surface area contributed by atoms with Crippen LogP contribution in [0.15, 0.2) is 30.3 Å². The van der Waals surface area contributed by atoms with Crippen molar-refractivity contribution in [3.05, 3.63) is 58.9 Å². The molecule has 2 heterocycles. The minimum absolute atomic E-state index is 0.0360. The van der Waals surface area contributed by atoms with Crippen molar-refractivity contribution in [1.29, 1.82) is 0 Å². The van der Waals surface area contributed by atoms with Crippen LogP contribution in [0.5, 0.6) is 0 Å². The number of fused-ring (bicyclic) bond motifs is 1. The molecule has 0 atom stereocenters. The molecule has 8 heteroatoms. The average molecular weight is 375 g/mol. The van der Waals surface area contributed by atoms with Gasteiger partial charge in [-0.15, -0.1) is 0 Å². The molecule has 2 aromatic carbocycles. The largest absolute Gasteiger partial charge is 0.368 e. The number of rotatable bonds is 2. The Balaban J connectivity index is 1.45. The number of nitrogens with zero attached hydrogens (tertiary/aromatic N) is 2. The summed E-state index contributed by atoms with van der Waals surface area (Å²) in [6.45, 7) is 1.67. The maximum absolute atomic E-state index is 13.9. The van der Waals surface area contributed by atoms with Crippen LogP contribution in [0.3, 0.4) is 0 Å². The Bertz CT molecular complexity index is 940. The second-order valence-corrected chi connectivity index (χ2v) is 6.57. The van der Waals surface area contributed by atoms with Gasteiger partial charge in [0.25, 0.3) is 5.91 Å². The van der Waals surface area contributed by atoms with Crippen LogP contribution < -0.4 is 10.2 Å². The van der Waals surface area contributed by atoms with Gasteiger partial charge in [-0.25, -0.2) is 13.2 Å². The monoisotopic (exact) mass is 375 g/mol. The van der Waals surface area contributed by atoms with E-state index in [2.05, 4.69) is 10.2 Å². The van der Waals surface area contributed by atoms with Gasteiger partial charge < -0.3 is 15.1 Å². The summed E-state index contributed by atoms with van der Waals surface area (Å²) in [6, 6.07) is 7.41. The highest BCUT2D eigenvalue weighted by Crippen LogP contribution is 2.28. The molecule has 140 valence electrons. The first-order valence-corrected chi connectivity index (χ1v) is 8.54. The minimum atomic E-state index is -1.64. The number of halogens is 3. The zero-order valence-electron chi connectivity index (χ0n) is 14.3. The molecule has 2 aliphatic heterocycles. The molecule has 0 unspecified atom stereocenters. The normalized spacial score (nSPS) is 16.3. The van der Waals surface area contributed by atoms with E-state index in [0.717, 1.165) is 29.1 Å². The van der Waals surface area contributed by atoms with E-state index in [1.165, 1.54) is 4.90 Å². The van der Waals surface area contributed by atoms with E-state index in [9.17, 15) is 22.8 Å². The molecule has 2 amide bonds. The highest BCUT2D eigenvalue weighted by molar-refractivity contribution is 5.99. The fourth-order valence-electron chi connectivity index (χ4n) is 3.44. The summed E-state index contributed by atoms with van der Waals surface area (Å²) in [6.07, 6.45) is 0.344. The molecule has 1 fully saturated rings. The van der Waals surface area contributed by atoms with Crippen LogP contribution in [-0.4, -0.2) is 42.9 Å². The summed E-state index contributed by atoms with van der Waals surface area (Å²) in [5, 5.41) is 2.78. The van der Waals surface area contributed by atoms with Gasteiger partial charge in [-0.3, -0.25) is 9.59 Å². The van der Waals surface area contributed by atoms with Crippen molar-refractivity contribution in [2.45, 2.75) is 6.42 Å². The Morgan fingerprint density at radius 3 is 2.44 bits per heavy atom. The molecule has 0 aliphatic carbocycles. The Labute approximate surface area is 153 Å². The standard InChI is InChI=1S/C19H16F3N3O2/c20-14-3-2-13(17(21)18(14)22)19(27)25-7-5-24(6-8-25)12-1-4-15-11(9-12)10-16(26)23-15/h1-4,9H,5-8,10H2,(H,23,26). The first kappa shape index (κ1) is 17.4. The predicted molar refractivity (Wildman–Crippen MR) is 93.2 cm³/mol. The molecule has 0 spiro atoms. The van der Waals surface area contributed by atoms with Gasteiger partial charge in [-0.05, 0) is 35.9 Å². The average Bonchev–Trinajstić information content (AvgIpc) is 3.05. The van der Waals surface area contributed by atoms with Gasteiger partial charge in [0, 0.05) is 37.6 Å². The highest BCUT2D eigenvalue weighted by atomic mass is 19.2. The van der Waals surface area contributed by atoms with Crippen LogP contribution in [0.25, 0.3) is 0 Å². The number of piperazine rings is 1. The van der Waals surface area contributed by atoms with Gasteiger partial charge in [-0.2, -0.15) is 0 Å². The van der Waals surface area contributed by atoms with Gasteiger partial charge >= 0.3 is 0 Å². The smallest absolute Gasteiger partial charge is 0.257 e. The molecule has 0 aromatic heterocycles. The molecule has 0 bridgehead atoms. The van der Waals surface area contributed by atoms with Crippen molar-refractivity contribution >= 4 is 23.2 Å². The van der Waals surface area contributed by atoms with Crippen LogP contribution in [0.1, 0.15) is 15.9 Å². The van der Waals surface area contributed by atoms with E-state index in [1.54, 1.807) is 0 Å². The molecule has 1 N–H and O–H groups in total. The molecule has 2 aliphatic rings. The zero-order chi connectivity index (χ0) is 19.1. The lowest BCUT2D eigenvalue weighted by atomic mass is 10.1. The highest BCUT2D eigenvalue weighted by Gasteiger charge is 2.27. The Morgan fingerprint density at radius 1 is 0.963 bits per heavy atom. The third-order valence-electron chi connectivity index (χ3n) is 4.91. The third-order valence-corrected chi connectivity index (χ3v) is 4.91. The molecular weight excluding hydrogens is 359 g/mol. The van der Waals surface area contributed by atoms with Crippen molar-refractivity contribution in [3.8, 4) is 0 Å². The fraction of sp³-hybridized carbons (Fsp3) is 0.263. The summed E-state index contributed by atoms with van der Waals surface area (Å²) in [4.78, 5) is 27.4. The molecular formula is C19H16F3N3O2. The van der Waals surface area contributed by atoms with Crippen molar-refractivity contribution in [2.75, 3.05) is 36.4 Å². The summed E-state index contributed by atoms with van der Waals surface area (Å²) < 4.78 is 40.3. The van der Waals surface area contributed by atoms with Crippen molar-refractivity contribution < 1.29 is 22.8 Å². The second-order valence-electron chi connectivity index (χ2n) is 6.57. The van der Waals surface area contributed by atoms with E-state index < -0.39 is 28.9 Å². The Hall–Kier alpha value is -3.03. The topological polar surface area (TPSA) is 52.7 Å². The van der Waals surface area contributed by atoms with Gasteiger partial charge in [0.2, 0.25) is 5.91 Å². The zero-order valence-corrected chi connectivity index (χ0v) is 14.3. The Morgan fingerprint density at radius 2 is 1.70 bits per heavy atom. The van der Waals surface area contributed by atoms with Crippen LogP contribution in [0.2, 0.25) is 0 Å². The summed E-state index contributed by atoms with van der Waals surface area (Å²) in [7, 11) is 0. The van der Waals surface area contributed by atoms with Gasteiger partial charge in [0.15, 0.2) is 17.5 Å². The molecule has 4 rings (SSSR count). The van der Waals surface area contributed by atoms with Crippen LogP contribution >= 0.6 is 0 Å². The van der Waals surface area contributed by atoms with Crippen LogP contribution in [0.4, 0.5) is 24.5 Å². The summed E-state index contributed by atoms with van der Waals surface area (Å²) >= 11 is 0. The quantitative estimate of drug-likeness (QED) is 0.821. The van der Waals surface area contributed by atoms with Gasteiger partial charge in [0.1, 0.15) is 0 Å². The van der Waals surface area contributed by atoms with Gasteiger partial charge in [-0.1, -0.05) is 0 Å². The molecule has 1 saturated heterocycles. The molecule has 27 heavy (non-hydrogen) atoms. The van der Waals surface area contributed by atoms with E-state index in [4.69, 9.17) is 0 Å². The van der Waals surface area contributed by atoms with E-state index >= 15 is 0 Å². The number of anilines is 2. The van der Waals surface area contributed by atoms with E-state index in [1.807, 2.05) is 18.2 Å². The van der Waals surface area contributed by atoms with Crippen molar-refractivity contribution in [1.82, 2.24) is 4.90 Å². The second kappa shape index (κ2) is 6.61. The lowest BCUT2D eigenvalue weighted by molar-refractivity contribution is -0.115. The Kier molecular flexibility index (Phi) is 4.25.